The van der Waals surface area contributed by atoms with Crippen LogP contribution in [0.3, 0.4) is 0 Å². The molecule has 3 rings (SSSR count). The number of nitrogens with zero attached hydrogens (tertiary/aromatic N) is 2. The minimum absolute atomic E-state index is 0.362. The van der Waals surface area contributed by atoms with Crippen molar-refractivity contribution in [2.45, 2.75) is 32.7 Å². The van der Waals surface area contributed by atoms with Crippen molar-refractivity contribution >= 4 is 51.7 Å². The number of benzene rings is 1. The lowest BCUT2D eigenvalue weighted by Crippen LogP contribution is -2.25. The first-order valence-electron chi connectivity index (χ1n) is 5.88. The second-order valence-corrected chi connectivity index (χ2v) is 6.54. The number of rotatable bonds is 3. The second kappa shape index (κ2) is 4.22. The molecular formula is C12H13Cl2N3S. The highest BCUT2D eigenvalue weighted by molar-refractivity contribution is 7.00. The number of hydrogen-bond acceptors (Lipinski definition) is 4. The summed E-state index contributed by atoms with van der Waals surface area (Å²) in [6, 6.07) is 2.10. The predicted molar refractivity (Wildman–Crippen MR) is 77.9 cm³/mol. The molecule has 0 radical (unpaired) electrons. The predicted octanol–water partition coefficient (Wildman–Crippen LogP) is 4.60. The third kappa shape index (κ3) is 1.96. The van der Waals surface area contributed by atoms with Gasteiger partial charge in [0.05, 0.1) is 27.5 Å². The van der Waals surface area contributed by atoms with Gasteiger partial charge in [-0.1, -0.05) is 30.1 Å². The zero-order valence-electron chi connectivity index (χ0n) is 10.1. The Kier molecular flexibility index (Phi) is 2.92. The standard InChI is InChI=1S/C12H13Cl2N3S/c1-6(12(2)3-4-12)15-9-7(13)5-8(14)10-11(9)17-18-16-10/h5-6,15H,3-4H2,1-2H3. The van der Waals surface area contributed by atoms with E-state index in [-0.39, 0.29) is 0 Å². The number of aromatic nitrogens is 2. The van der Waals surface area contributed by atoms with Crippen molar-refractivity contribution in [2.75, 3.05) is 5.32 Å². The molecule has 0 amide bonds. The van der Waals surface area contributed by atoms with Crippen molar-refractivity contribution in [2.24, 2.45) is 5.41 Å². The fraction of sp³-hybridized carbons (Fsp3) is 0.500. The van der Waals surface area contributed by atoms with Crippen LogP contribution in [0.25, 0.3) is 11.0 Å². The SMILES string of the molecule is CC(Nc1c(Cl)cc(Cl)c2nsnc12)C1(C)CC1. The van der Waals surface area contributed by atoms with Crippen LogP contribution in [0.4, 0.5) is 5.69 Å². The van der Waals surface area contributed by atoms with Gasteiger partial charge in [-0.15, -0.1) is 0 Å². The summed E-state index contributed by atoms with van der Waals surface area (Å²) in [5.41, 5.74) is 2.72. The lowest BCUT2D eigenvalue weighted by molar-refractivity contribution is 0.494. The molecule has 0 aliphatic heterocycles. The summed E-state index contributed by atoms with van der Waals surface area (Å²) < 4.78 is 8.50. The zero-order chi connectivity index (χ0) is 12.9. The van der Waals surface area contributed by atoms with Gasteiger partial charge in [0.25, 0.3) is 0 Å². The van der Waals surface area contributed by atoms with E-state index in [1.807, 2.05) is 0 Å². The van der Waals surface area contributed by atoms with Crippen molar-refractivity contribution in [1.82, 2.24) is 8.75 Å². The molecule has 0 spiro atoms. The number of fused-ring (bicyclic) bond motifs is 1. The number of nitrogens with one attached hydrogen (secondary N) is 1. The average Bonchev–Trinajstić information content (AvgIpc) is 2.90. The van der Waals surface area contributed by atoms with Crippen LogP contribution in [0.2, 0.25) is 10.0 Å². The fourth-order valence-corrected chi connectivity index (χ4v) is 3.20. The molecule has 1 heterocycles. The van der Waals surface area contributed by atoms with E-state index in [2.05, 4.69) is 27.9 Å². The van der Waals surface area contributed by atoms with Gasteiger partial charge in [-0.2, -0.15) is 8.75 Å². The maximum atomic E-state index is 6.27. The van der Waals surface area contributed by atoms with E-state index < -0.39 is 0 Å². The van der Waals surface area contributed by atoms with E-state index in [0.717, 1.165) is 28.4 Å². The van der Waals surface area contributed by atoms with Crippen molar-refractivity contribution in [3.8, 4) is 0 Å². The lowest BCUT2D eigenvalue weighted by Gasteiger charge is -2.22. The minimum atomic E-state index is 0.362. The van der Waals surface area contributed by atoms with Crippen LogP contribution >= 0.6 is 34.9 Å². The summed E-state index contributed by atoms with van der Waals surface area (Å²) >= 11 is 13.5. The zero-order valence-corrected chi connectivity index (χ0v) is 12.5. The van der Waals surface area contributed by atoms with Crippen LogP contribution in [0.1, 0.15) is 26.7 Å². The van der Waals surface area contributed by atoms with Crippen LogP contribution in [0.5, 0.6) is 0 Å². The Hall–Kier alpha value is -0.580. The summed E-state index contributed by atoms with van der Waals surface area (Å²) in [5, 5.41) is 4.65. The summed E-state index contributed by atoms with van der Waals surface area (Å²) in [6.45, 7) is 4.47. The fourth-order valence-electron chi connectivity index (χ4n) is 2.03. The van der Waals surface area contributed by atoms with Crippen LogP contribution in [-0.2, 0) is 0 Å². The molecule has 0 bridgehead atoms. The Morgan fingerprint density at radius 2 is 1.94 bits per heavy atom. The summed E-state index contributed by atoms with van der Waals surface area (Å²) in [7, 11) is 0. The Morgan fingerprint density at radius 3 is 2.61 bits per heavy atom. The smallest absolute Gasteiger partial charge is 0.130 e. The van der Waals surface area contributed by atoms with Crippen molar-refractivity contribution in [1.29, 1.82) is 0 Å². The Balaban J connectivity index is 2.03. The van der Waals surface area contributed by atoms with E-state index in [1.165, 1.54) is 12.8 Å². The van der Waals surface area contributed by atoms with Gasteiger partial charge in [0.2, 0.25) is 0 Å². The van der Waals surface area contributed by atoms with Gasteiger partial charge in [0, 0.05) is 6.04 Å². The molecule has 1 aliphatic carbocycles. The van der Waals surface area contributed by atoms with Crippen LogP contribution in [0, 0.1) is 5.41 Å². The maximum Gasteiger partial charge on any atom is 0.130 e. The first kappa shape index (κ1) is 12.5. The highest BCUT2D eigenvalue weighted by Gasteiger charge is 2.42. The van der Waals surface area contributed by atoms with Crippen molar-refractivity contribution in [3.63, 3.8) is 0 Å². The number of anilines is 1. The van der Waals surface area contributed by atoms with Gasteiger partial charge in [-0.25, -0.2) is 0 Å². The molecule has 18 heavy (non-hydrogen) atoms. The third-order valence-corrected chi connectivity index (χ3v) is 5.00. The summed E-state index contributed by atoms with van der Waals surface area (Å²) in [5.74, 6) is 0. The summed E-state index contributed by atoms with van der Waals surface area (Å²) in [4.78, 5) is 0. The molecule has 1 unspecified atom stereocenters. The topological polar surface area (TPSA) is 37.8 Å². The first-order chi connectivity index (χ1) is 8.51. The molecule has 2 aromatic rings. The number of hydrogen-bond donors (Lipinski definition) is 1. The van der Waals surface area contributed by atoms with E-state index in [1.54, 1.807) is 6.07 Å². The molecule has 3 nitrogen and oxygen atoms in total. The molecule has 0 saturated heterocycles. The van der Waals surface area contributed by atoms with E-state index in [9.17, 15) is 0 Å². The Labute approximate surface area is 120 Å². The van der Waals surface area contributed by atoms with Gasteiger partial charge in [0.1, 0.15) is 11.0 Å². The van der Waals surface area contributed by atoms with Crippen molar-refractivity contribution in [3.05, 3.63) is 16.1 Å². The third-order valence-electron chi connectivity index (χ3n) is 3.89. The van der Waals surface area contributed by atoms with E-state index >= 15 is 0 Å². The molecular weight excluding hydrogens is 289 g/mol. The summed E-state index contributed by atoms with van der Waals surface area (Å²) in [6.07, 6.45) is 2.51. The van der Waals surface area contributed by atoms with Crippen LogP contribution in [0.15, 0.2) is 6.07 Å². The van der Waals surface area contributed by atoms with Crippen molar-refractivity contribution < 1.29 is 0 Å². The normalized spacial score (nSPS) is 18.9. The average molecular weight is 302 g/mol. The minimum Gasteiger partial charge on any atom is -0.379 e. The van der Waals surface area contributed by atoms with Gasteiger partial charge >= 0.3 is 0 Å². The van der Waals surface area contributed by atoms with Gasteiger partial charge in [0.15, 0.2) is 0 Å². The highest BCUT2D eigenvalue weighted by atomic mass is 35.5. The molecule has 1 aromatic heterocycles. The molecule has 1 fully saturated rings. The molecule has 6 heteroatoms. The van der Waals surface area contributed by atoms with Gasteiger partial charge in [-0.3, -0.25) is 0 Å². The van der Waals surface area contributed by atoms with E-state index in [0.29, 0.717) is 21.5 Å². The molecule has 96 valence electrons. The molecule has 1 atom stereocenters. The molecule has 1 aromatic carbocycles. The van der Waals surface area contributed by atoms with Gasteiger partial charge < -0.3 is 5.32 Å². The first-order valence-corrected chi connectivity index (χ1v) is 7.37. The second-order valence-electron chi connectivity index (χ2n) is 5.20. The monoisotopic (exact) mass is 301 g/mol. The molecule has 1 saturated carbocycles. The molecule has 1 N–H and O–H groups in total. The van der Waals surface area contributed by atoms with Crippen LogP contribution in [-0.4, -0.2) is 14.8 Å². The van der Waals surface area contributed by atoms with E-state index in [4.69, 9.17) is 23.2 Å². The number of halogens is 2. The Bertz CT molecular complexity index is 607. The van der Waals surface area contributed by atoms with Gasteiger partial charge in [-0.05, 0) is 31.2 Å². The molecule has 1 aliphatic rings. The quantitative estimate of drug-likeness (QED) is 0.900. The maximum absolute atomic E-state index is 6.27. The highest BCUT2D eigenvalue weighted by Crippen LogP contribution is 2.49. The lowest BCUT2D eigenvalue weighted by atomic mass is 10.0. The van der Waals surface area contributed by atoms with Crippen LogP contribution < -0.4 is 5.32 Å². The largest absolute Gasteiger partial charge is 0.379 e. The Morgan fingerprint density at radius 1 is 1.28 bits per heavy atom.